The first-order valence-electron chi connectivity index (χ1n) is 5.38. The van der Waals surface area contributed by atoms with Crippen molar-refractivity contribution in [1.82, 2.24) is 5.32 Å². The van der Waals surface area contributed by atoms with Crippen LogP contribution in [-0.2, 0) is 11.2 Å². The molecule has 0 bridgehead atoms. The molecule has 4 nitrogen and oxygen atoms in total. The van der Waals surface area contributed by atoms with Crippen molar-refractivity contribution in [2.45, 2.75) is 6.42 Å². The summed E-state index contributed by atoms with van der Waals surface area (Å²) in [5.74, 6) is 0.973. The lowest BCUT2D eigenvalue weighted by Gasteiger charge is -2.17. The van der Waals surface area contributed by atoms with Crippen molar-refractivity contribution in [2.75, 3.05) is 32.1 Å². The Morgan fingerprint density at radius 1 is 1.50 bits per heavy atom. The van der Waals surface area contributed by atoms with E-state index >= 15 is 0 Å². The van der Waals surface area contributed by atoms with E-state index in [-0.39, 0.29) is 5.91 Å². The standard InChI is InChI=1S/C12H16N2O2/c1-13-5-6-14-11-4-3-10(16-2)7-9(11)8-12(14)15/h3-4,7,13H,5-6,8H2,1-2H3. The monoisotopic (exact) mass is 220 g/mol. The van der Waals surface area contributed by atoms with Crippen molar-refractivity contribution in [3.63, 3.8) is 0 Å². The molecule has 1 aromatic rings. The van der Waals surface area contributed by atoms with E-state index in [1.165, 1.54) is 0 Å². The smallest absolute Gasteiger partial charge is 0.231 e. The Morgan fingerprint density at radius 3 is 3.00 bits per heavy atom. The van der Waals surface area contributed by atoms with Gasteiger partial charge in [0.1, 0.15) is 5.75 Å². The highest BCUT2D eigenvalue weighted by atomic mass is 16.5. The molecule has 16 heavy (non-hydrogen) atoms. The predicted octanol–water partition coefficient (Wildman–Crippen LogP) is 0.804. The molecule has 1 aliphatic rings. The highest BCUT2D eigenvalue weighted by Gasteiger charge is 2.26. The number of hydrogen-bond acceptors (Lipinski definition) is 3. The maximum atomic E-state index is 11.8. The summed E-state index contributed by atoms with van der Waals surface area (Å²) in [4.78, 5) is 13.6. The molecular formula is C12H16N2O2. The summed E-state index contributed by atoms with van der Waals surface area (Å²) in [7, 11) is 3.52. The minimum absolute atomic E-state index is 0.165. The molecule has 1 amide bonds. The molecule has 1 aliphatic heterocycles. The van der Waals surface area contributed by atoms with Crippen LogP contribution in [0.4, 0.5) is 5.69 Å². The minimum Gasteiger partial charge on any atom is -0.497 e. The minimum atomic E-state index is 0.165. The van der Waals surface area contributed by atoms with Gasteiger partial charge in [-0.05, 0) is 30.8 Å². The Bertz CT molecular complexity index is 404. The number of nitrogens with one attached hydrogen (secondary N) is 1. The zero-order valence-electron chi connectivity index (χ0n) is 9.62. The zero-order chi connectivity index (χ0) is 11.5. The van der Waals surface area contributed by atoms with Gasteiger partial charge in [-0.15, -0.1) is 0 Å². The van der Waals surface area contributed by atoms with Crippen molar-refractivity contribution >= 4 is 11.6 Å². The van der Waals surface area contributed by atoms with Crippen molar-refractivity contribution in [3.8, 4) is 5.75 Å². The number of benzene rings is 1. The summed E-state index contributed by atoms with van der Waals surface area (Å²) in [5.41, 5.74) is 2.07. The molecule has 86 valence electrons. The van der Waals surface area contributed by atoms with E-state index in [1.54, 1.807) is 7.11 Å². The Kier molecular flexibility index (Phi) is 3.10. The number of carbonyl (C=O) groups is 1. The molecule has 0 fully saturated rings. The average Bonchev–Trinajstić information content (AvgIpc) is 2.61. The van der Waals surface area contributed by atoms with E-state index in [0.29, 0.717) is 13.0 Å². The summed E-state index contributed by atoms with van der Waals surface area (Å²) in [6.07, 6.45) is 0.482. The molecule has 0 atom stereocenters. The first-order chi connectivity index (χ1) is 7.76. The van der Waals surface area contributed by atoms with E-state index in [2.05, 4.69) is 5.32 Å². The number of fused-ring (bicyclic) bond motifs is 1. The third-order valence-corrected chi connectivity index (χ3v) is 2.81. The number of rotatable bonds is 4. The van der Waals surface area contributed by atoms with Gasteiger partial charge in [-0.3, -0.25) is 4.79 Å². The molecule has 0 unspecified atom stereocenters. The number of carbonyl (C=O) groups excluding carboxylic acids is 1. The van der Waals surface area contributed by atoms with Crippen LogP contribution in [0.5, 0.6) is 5.75 Å². The molecule has 0 spiro atoms. The highest BCUT2D eigenvalue weighted by molar-refractivity contribution is 6.01. The van der Waals surface area contributed by atoms with E-state index in [4.69, 9.17) is 4.74 Å². The van der Waals surface area contributed by atoms with Crippen LogP contribution in [0.1, 0.15) is 5.56 Å². The Hall–Kier alpha value is -1.55. The molecule has 4 heteroatoms. The lowest BCUT2D eigenvalue weighted by molar-refractivity contribution is -0.117. The first-order valence-corrected chi connectivity index (χ1v) is 5.38. The van der Waals surface area contributed by atoms with Crippen LogP contribution in [0.15, 0.2) is 18.2 Å². The number of nitrogens with zero attached hydrogens (tertiary/aromatic N) is 1. The van der Waals surface area contributed by atoms with Crippen molar-refractivity contribution < 1.29 is 9.53 Å². The van der Waals surface area contributed by atoms with E-state index in [1.807, 2.05) is 30.1 Å². The van der Waals surface area contributed by atoms with Gasteiger partial charge in [0.25, 0.3) is 0 Å². The van der Waals surface area contributed by atoms with Gasteiger partial charge >= 0.3 is 0 Å². The maximum absolute atomic E-state index is 11.8. The number of ether oxygens (including phenoxy) is 1. The largest absolute Gasteiger partial charge is 0.497 e. The molecular weight excluding hydrogens is 204 g/mol. The molecule has 0 aromatic heterocycles. The summed E-state index contributed by atoms with van der Waals surface area (Å²) in [6, 6.07) is 5.78. The van der Waals surface area contributed by atoms with Gasteiger partial charge in [-0.25, -0.2) is 0 Å². The molecule has 1 aromatic carbocycles. The zero-order valence-corrected chi connectivity index (χ0v) is 9.62. The topological polar surface area (TPSA) is 41.6 Å². The normalized spacial score (nSPS) is 14.1. The number of methoxy groups -OCH3 is 1. The van der Waals surface area contributed by atoms with Gasteiger partial charge in [0.15, 0.2) is 0 Å². The first kappa shape index (κ1) is 11.0. The summed E-state index contributed by atoms with van der Waals surface area (Å²) in [6.45, 7) is 1.52. The summed E-state index contributed by atoms with van der Waals surface area (Å²) < 4.78 is 5.15. The number of likely N-dealkylation sites (N-methyl/N-ethyl adjacent to an activating group) is 1. The molecule has 1 N–H and O–H groups in total. The van der Waals surface area contributed by atoms with Crippen LogP contribution in [0.2, 0.25) is 0 Å². The quantitative estimate of drug-likeness (QED) is 0.816. The lowest BCUT2D eigenvalue weighted by Crippen LogP contribution is -2.33. The van der Waals surface area contributed by atoms with Crippen LogP contribution in [0, 0.1) is 0 Å². The maximum Gasteiger partial charge on any atom is 0.231 e. The SMILES string of the molecule is CNCCN1C(=O)Cc2cc(OC)ccc21. The number of hydrogen-bond donors (Lipinski definition) is 1. The van der Waals surface area contributed by atoms with Gasteiger partial charge in [-0.2, -0.15) is 0 Å². The Labute approximate surface area is 95.2 Å². The second-order valence-corrected chi connectivity index (χ2v) is 3.82. The van der Waals surface area contributed by atoms with E-state index in [0.717, 1.165) is 23.5 Å². The average molecular weight is 220 g/mol. The molecule has 2 rings (SSSR count). The van der Waals surface area contributed by atoms with Crippen LogP contribution < -0.4 is 15.0 Å². The fourth-order valence-electron chi connectivity index (χ4n) is 1.96. The molecule has 0 radical (unpaired) electrons. The molecule has 0 saturated heterocycles. The number of anilines is 1. The van der Waals surface area contributed by atoms with E-state index < -0.39 is 0 Å². The van der Waals surface area contributed by atoms with E-state index in [9.17, 15) is 4.79 Å². The summed E-state index contributed by atoms with van der Waals surface area (Å²) in [5, 5.41) is 3.05. The Balaban J connectivity index is 2.24. The van der Waals surface area contributed by atoms with Gasteiger partial charge in [0.05, 0.1) is 13.5 Å². The molecule has 1 heterocycles. The van der Waals surface area contributed by atoms with Crippen LogP contribution in [0.3, 0.4) is 0 Å². The summed E-state index contributed by atoms with van der Waals surface area (Å²) >= 11 is 0. The van der Waals surface area contributed by atoms with Gasteiger partial charge in [0.2, 0.25) is 5.91 Å². The van der Waals surface area contributed by atoms with Crippen LogP contribution in [0.25, 0.3) is 0 Å². The van der Waals surface area contributed by atoms with Crippen molar-refractivity contribution in [3.05, 3.63) is 23.8 Å². The molecule has 0 saturated carbocycles. The third kappa shape index (κ3) is 1.88. The van der Waals surface area contributed by atoms with Gasteiger partial charge < -0.3 is 15.0 Å². The van der Waals surface area contributed by atoms with Gasteiger partial charge in [-0.1, -0.05) is 0 Å². The van der Waals surface area contributed by atoms with Crippen molar-refractivity contribution in [2.24, 2.45) is 0 Å². The Morgan fingerprint density at radius 2 is 2.31 bits per heavy atom. The highest BCUT2D eigenvalue weighted by Crippen LogP contribution is 2.31. The fourth-order valence-corrected chi connectivity index (χ4v) is 1.96. The second kappa shape index (κ2) is 4.53. The van der Waals surface area contributed by atoms with Crippen LogP contribution in [-0.4, -0.2) is 33.2 Å². The number of amides is 1. The second-order valence-electron chi connectivity index (χ2n) is 3.82. The third-order valence-electron chi connectivity index (χ3n) is 2.81. The van der Waals surface area contributed by atoms with Gasteiger partial charge in [0, 0.05) is 18.8 Å². The van der Waals surface area contributed by atoms with Crippen LogP contribution >= 0.6 is 0 Å². The van der Waals surface area contributed by atoms with Crippen molar-refractivity contribution in [1.29, 1.82) is 0 Å². The lowest BCUT2D eigenvalue weighted by atomic mass is 10.1. The fraction of sp³-hybridized carbons (Fsp3) is 0.417. The molecule has 0 aliphatic carbocycles. The predicted molar refractivity (Wildman–Crippen MR) is 63.0 cm³/mol.